The molecule has 1 atom stereocenters. The Balaban J connectivity index is 1.56. The van der Waals surface area contributed by atoms with E-state index in [0.29, 0.717) is 5.76 Å². The molecular formula is C17H18N2O4. The van der Waals surface area contributed by atoms with Crippen molar-refractivity contribution in [1.29, 1.82) is 0 Å². The van der Waals surface area contributed by atoms with Crippen LogP contribution in [0.25, 0.3) is 11.0 Å². The molecule has 1 N–H and O–H groups in total. The zero-order chi connectivity index (χ0) is 16.4. The van der Waals surface area contributed by atoms with Crippen molar-refractivity contribution in [1.82, 2.24) is 10.2 Å². The minimum Gasteiger partial charge on any atom is -0.459 e. The fourth-order valence-electron chi connectivity index (χ4n) is 2.69. The van der Waals surface area contributed by atoms with Crippen LogP contribution in [0.3, 0.4) is 0 Å². The first-order valence-corrected chi connectivity index (χ1v) is 7.65. The van der Waals surface area contributed by atoms with Gasteiger partial charge in [-0.1, -0.05) is 18.2 Å². The van der Waals surface area contributed by atoms with Gasteiger partial charge in [-0.15, -0.1) is 0 Å². The number of hydrogen-bond acceptors (Lipinski definition) is 4. The minimum atomic E-state index is -0.278. The Kier molecular flexibility index (Phi) is 4.14. The average Bonchev–Trinajstić information content (AvgIpc) is 3.09. The van der Waals surface area contributed by atoms with E-state index >= 15 is 0 Å². The second-order valence-electron chi connectivity index (χ2n) is 5.66. The second kappa shape index (κ2) is 6.24. The monoisotopic (exact) mass is 314 g/mol. The van der Waals surface area contributed by atoms with Crippen molar-refractivity contribution in [2.24, 2.45) is 0 Å². The van der Waals surface area contributed by atoms with Crippen LogP contribution in [0.2, 0.25) is 0 Å². The zero-order valence-electron chi connectivity index (χ0n) is 12.9. The van der Waals surface area contributed by atoms with Gasteiger partial charge in [0.2, 0.25) is 17.7 Å². The molecule has 2 aromatic rings. The maximum absolute atomic E-state index is 12.0. The number of nitrogens with zero attached hydrogens (tertiary/aromatic N) is 1. The molecule has 0 saturated carbocycles. The number of fused-ring (bicyclic) bond motifs is 1. The van der Waals surface area contributed by atoms with Gasteiger partial charge in [-0.2, -0.15) is 0 Å². The minimum absolute atomic E-state index is 0.0993. The van der Waals surface area contributed by atoms with Crippen molar-refractivity contribution in [3.05, 3.63) is 36.1 Å². The largest absolute Gasteiger partial charge is 0.459 e. The SMILES string of the molecule is CC(NC(=O)CCN1C(=O)CCC1=O)c1cc2ccccc2o1. The molecule has 23 heavy (non-hydrogen) atoms. The van der Waals surface area contributed by atoms with Crippen molar-refractivity contribution in [2.45, 2.75) is 32.2 Å². The highest BCUT2D eigenvalue weighted by atomic mass is 16.3. The molecule has 1 aliphatic rings. The maximum atomic E-state index is 12.0. The quantitative estimate of drug-likeness (QED) is 0.858. The molecule has 6 heteroatoms. The second-order valence-corrected chi connectivity index (χ2v) is 5.66. The molecule has 1 aromatic carbocycles. The normalized spacial score (nSPS) is 16.1. The summed E-state index contributed by atoms with van der Waals surface area (Å²) < 4.78 is 5.71. The van der Waals surface area contributed by atoms with Gasteiger partial charge in [-0.05, 0) is 19.1 Å². The van der Waals surface area contributed by atoms with Gasteiger partial charge >= 0.3 is 0 Å². The van der Waals surface area contributed by atoms with Crippen LogP contribution >= 0.6 is 0 Å². The lowest BCUT2D eigenvalue weighted by molar-refractivity contribution is -0.138. The Morgan fingerprint density at radius 1 is 1.26 bits per heavy atom. The molecule has 1 aromatic heterocycles. The lowest BCUT2D eigenvalue weighted by atomic mass is 10.2. The molecule has 1 fully saturated rings. The first kappa shape index (κ1) is 15.3. The standard InChI is InChI=1S/C17H18N2O4/c1-11(14-10-12-4-2-3-5-13(12)23-14)18-15(20)8-9-19-16(21)6-7-17(19)22/h2-5,10-11H,6-9H2,1H3,(H,18,20). The van der Waals surface area contributed by atoms with Crippen LogP contribution < -0.4 is 5.32 Å². The van der Waals surface area contributed by atoms with Crippen LogP contribution in [0, 0.1) is 0 Å². The van der Waals surface area contributed by atoms with Gasteiger partial charge in [0.15, 0.2) is 0 Å². The van der Waals surface area contributed by atoms with Crippen molar-refractivity contribution < 1.29 is 18.8 Å². The Bertz CT molecular complexity index is 716. The molecule has 0 spiro atoms. The third-order valence-corrected chi connectivity index (χ3v) is 3.97. The summed E-state index contributed by atoms with van der Waals surface area (Å²) in [5, 5.41) is 3.81. The van der Waals surface area contributed by atoms with Crippen molar-refractivity contribution in [2.75, 3.05) is 6.54 Å². The number of amides is 3. The van der Waals surface area contributed by atoms with Crippen LogP contribution in [0.5, 0.6) is 0 Å². The predicted molar refractivity (Wildman–Crippen MR) is 83.3 cm³/mol. The number of likely N-dealkylation sites (tertiary alicyclic amines) is 1. The highest BCUT2D eigenvalue weighted by Gasteiger charge is 2.29. The number of carbonyl (C=O) groups is 3. The molecular weight excluding hydrogens is 296 g/mol. The van der Waals surface area contributed by atoms with E-state index in [1.165, 1.54) is 0 Å². The predicted octanol–water partition coefficient (Wildman–Crippen LogP) is 2.15. The van der Waals surface area contributed by atoms with Gasteiger partial charge in [0.25, 0.3) is 0 Å². The first-order valence-electron chi connectivity index (χ1n) is 7.65. The van der Waals surface area contributed by atoms with Gasteiger partial charge in [-0.3, -0.25) is 19.3 Å². The molecule has 6 nitrogen and oxygen atoms in total. The van der Waals surface area contributed by atoms with E-state index in [2.05, 4.69) is 5.32 Å². The smallest absolute Gasteiger partial charge is 0.229 e. The number of furan rings is 1. The summed E-state index contributed by atoms with van der Waals surface area (Å²) in [7, 11) is 0. The number of benzene rings is 1. The zero-order valence-corrected chi connectivity index (χ0v) is 12.9. The van der Waals surface area contributed by atoms with Crippen molar-refractivity contribution >= 4 is 28.7 Å². The van der Waals surface area contributed by atoms with Crippen molar-refractivity contribution in [3.8, 4) is 0 Å². The molecule has 2 heterocycles. The van der Waals surface area contributed by atoms with Gasteiger partial charge in [-0.25, -0.2) is 0 Å². The molecule has 3 rings (SSSR count). The van der Waals surface area contributed by atoms with Crippen LogP contribution in [-0.4, -0.2) is 29.2 Å². The van der Waals surface area contributed by atoms with E-state index in [4.69, 9.17) is 4.42 Å². The van der Waals surface area contributed by atoms with Crippen molar-refractivity contribution in [3.63, 3.8) is 0 Å². The number of imide groups is 1. The van der Waals surface area contributed by atoms with Crippen LogP contribution in [0.15, 0.2) is 34.7 Å². The fourth-order valence-corrected chi connectivity index (χ4v) is 2.69. The fraction of sp³-hybridized carbons (Fsp3) is 0.353. The Hall–Kier alpha value is -2.63. The summed E-state index contributed by atoms with van der Waals surface area (Å²) in [6.45, 7) is 1.97. The third-order valence-electron chi connectivity index (χ3n) is 3.97. The number of carbonyl (C=O) groups excluding carboxylic acids is 3. The summed E-state index contributed by atoms with van der Waals surface area (Å²) in [6.07, 6.45) is 0.591. The average molecular weight is 314 g/mol. The number of para-hydroxylation sites is 1. The molecule has 120 valence electrons. The van der Waals surface area contributed by atoms with Crippen LogP contribution in [0.4, 0.5) is 0 Å². The van der Waals surface area contributed by atoms with Gasteiger partial charge < -0.3 is 9.73 Å². The lowest BCUT2D eigenvalue weighted by Gasteiger charge is -2.15. The van der Waals surface area contributed by atoms with E-state index in [0.717, 1.165) is 15.9 Å². The summed E-state index contributed by atoms with van der Waals surface area (Å²) in [5.74, 6) is 0.0552. The van der Waals surface area contributed by atoms with E-state index in [-0.39, 0.29) is 49.6 Å². The van der Waals surface area contributed by atoms with Crippen LogP contribution in [0.1, 0.15) is 38.0 Å². The molecule has 0 aliphatic carbocycles. The van der Waals surface area contributed by atoms with Gasteiger partial charge in [0.05, 0.1) is 6.04 Å². The lowest BCUT2D eigenvalue weighted by Crippen LogP contribution is -2.34. The van der Waals surface area contributed by atoms with E-state index in [1.807, 2.05) is 37.3 Å². The highest BCUT2D eigenvalue weighted by Crippen LogP contribution is 2.23. The highest BCUT2D eigenvalue weighted by molar-refractivity contribution is 6.02. The first-order chi connectivity index (χ1) is 11.0. The molecule has 0 bridgehead atoms. The molecule has 1 saturated heterocycles. The summed E-state index contributed by atoms with van der Waals surface area (Å²) >= 11 is 0. The molecule has 1 aliphatic heterocycles. The van der Waals surface area contributed by atoms with E-state index in [9.17, 15) is 14.4 Å². The Morgan fingerprint density at radius 3 is 2.65 bits per heavy atom. The topological polar surface area (TPSA) is 79.6 Å². The van der Waals surface area contributed by atoms with Gasteiger partial charge in [0.1, 0.15) is 11.3 Å². The summed E-state index contributed by atoms with van der Waals surface area (Å²) in [6, 6.07) is 9.25. The number of nitrogens with one attached hydrogen (secondary N) is 1. The summed E-state index contributed by atoms with van der Waals surface area (Å²) in [4.78, 5) is 36.2. The number of rotatable bonds is 5. The molecule has 0 radical (unpaired) electrons. The summed E-state index contributed by atoms with van der Waals surface area (Å²) in [5.41, 5.74) is 0.775. The Labute approximate surface area is 133 Å². The molecule has 1 unspecified atom stereocenters. The number of hydrogen-bond donors (Lipinski definition) is 1. The van der Waals surface area contributed by atoms with E-state index in [1.54, 1.807) is 0 Å². The van der Waals surface area contributed by atoms with Gasteiger partial charge in [0, 0.05) is 31.2 Å². The maximum Gasteiger partial charge on any atom is 0.229 e. The van der Waals surface area contributed by atoms with E-state index < -0.39 is 0 Å². The molecule has 3 amide bonds. The van der Waals surface area contributed by atoms with Crippen LogP contribution in [-0.2, 0) is 14.4 Å². The Morgan fingerprint density at radius 2 is 1.96 bits per heavy atom. The third kappa shape index (κ3) is 3.26.